The number of hydrogen-bond donors (Lipinski definition) is 1. The first kappa shape index (κ1) is 10.8. The van der Waals surface area contributed by atoms with Gasteiger partial charge in [0.05, 0.1) is 12.2 Å². The fourth-order valence-electron chi connectivity index (χ4n) is 1.21. The lowest BCUT2D eigenvalue weighted by Crippen LogP contribution is -2.04. The van der Waals surface area contributed by atoms with Crippen molar-refractivity contribution < 1.29 is 0 Å². The summed E-state index contributed by atoms with van der Waals surface area (Å²) in [5.41, 5.74) is 0.905. The topological polar surface area (TPSA) is 63.6 Å². The molecule has 0 fully saturated rings. The number of nitrogens with one attached hydrogen (secondary N) is 1. The first-order valence-electron chi connectivity index (χ1n) is 4.74. The van der Waals surface area contributed by atoms with Crippen LogP contribution in [0.1, 0.15) is 11.5 Å². The summed E-state index contributed by atoms with van der Waals surface area (Å²) in [4.78, 5) is 16.1. The van der Waals surface area contributed by atoms with E-state index < -0.39 is 0 Å². The van der Waals surface area contributed by atoms with Gasteiger partial charge in [-0.15, -0.1) is 0 Å². The zero-order valence-electron chi connectivity index (χ0n) is 8.68. The molecule has 2 aromatic heterocycles. The number of halogens is 1. The summed E-state index contributed by atoms with van der Waals surface area (Å²) in [6.07, 6.45) is 3.14. The van der Waals surface area contributed by atoms with E-state index in [2.05, 4.69) is 25.3 Å². The van der Waals surface area contributed by atoms with Crippen LogP contribution < -0.4 is 5.32 Å². The molecule has 0 atom stereocenters. The molecule has 0 amide bonds. The average molecular weight is 236 g/mol. The predicted molar refractivity (Wildman–Crippen MR) is 61.1 cm³/mol. The highest BCUT2D eigenvalue weighted by molar-refractivity contribution is 6.29. The minimum Gasteiger partial charge on any atom is -0.364 e. The molecular formula is C10H10ClN5. The molecule has 2 heterocycles. The Balaban J connectivity index is 2.02. The second kappa shape index (κ2) is 4.85. The van der Waals surface area contributed by atoms with Crippen LogP contribution in [0.2, 0.25) is 5.15 Å². The number of hydrogen-bond acceptors (Lipinski definition) is 5. The van der Waals surface area contributed by atoms with Crippen LogP contribution in [0.5, 0.6) is 0 Å². The Bertz CT molecular complexity index is 443. The minimum absolute atomic E-state index is 0.413. The first-order chi connectivity index (χ1) is 7.74. The zero-order valence-corrected chi connectivity index (χ0v) is 9.44. The van der Waals surface area contributed by atoms with Gasteiger partial charge in [-0.1, -0.05) is 11.6 Å². The Morgan fingerprint density at radius 3 is 2.94 bits per heavy atom. The van der Waals surface area contributed by atoms with Crippen molar-refractivity contribution in [2.75, 3.05) is 5.32 Å². The van der Waals surface area contributed by atoms with E-state index in [1.54, 1.807) is 12.3 Å². The Kier molecular flexibility index (Phi) is 3.26. The highest BCUT2D eigenvalue weighted by atomic mass is 35.5. The van der Waals surface area contributed by atoms with Gasteiger partial charge in [-0.05, 0) is 13.0 Å². The maximum absolute atomic E-state index is 5.74. The van der Waals surface area contributed by atoms with E-state index in [1.807, 2.05) is 13.0 Å². The number of anilines is 1. The van der Waals surface area contributed by atoms with E-state index in [1.165, 1.54) is 6.33 Å². The summed E-state index contributed by atoms with van der Waals surface area (Å²) in [5, 5.41) is 3.52. The summed E-state index contributed by atoms with van der Waals surface area (Å²) >= 11 is 5.74. The molecule has 5 nitrogen and oxygen atoms in total. The summed E-state index contributed by atoms with van der Waals surface area (Å²) in [6, 6.07) is 3.51. The molecule has 2 rings (SSSR count). The van der Waals surface area contributed by atoms with Crippen LogP contribution in [0, 0.1) is 6.92 Å². The summed E-state index contributed by atoms with van der Waals surface area (Å²) < 4.78 is 0. The third-order valence-electron chi connectivity index (χ3n) is 1.92. The standard InChI is InChI=1S/C10H10ClN5/c1-7-12-3-2-8(16-7)5-13-10-4-9(11)14-6-15-10/h2-4,6H,5H2,1H3,(H,13,14,15). The van der Waals surface area contributed by atoms with Gasteiger partial charge >= 0.3 is 0 Å². The summed E-state index contributed by atoms with van der Waals surface area (Å²) in [5.74, 6) is 1.43. The van der Waals surface area contributed by atoms with Crippen molar-refractivity contribution in [3.8, 4) is 0 Å². The molecule has 0 aromatic carbocycles. The Morgan fingerprint density at radius 1 is 1.31 bits per heavy atom. The molecule has 0 aliphatic rings. The molecule has 0 radical (unpaired) electrons. The van der Waals surface area contributed by atoms with Crippen molar-refractivity contribution >= 4 is 17.4 Å². The van der Waals surface area contributed by atoms with Gasteiger partial charge in [-0.25, -0.2) is 19.9 Å². The molecule has 6 heteroatoms. The predicted octanol–water partition coefficient (Wildman–Crippen LogP) is 1.84. The van der Waals surface area contributed by atoms with Crippen molar-refractivity contribution in [2.45, 2.75) is 13.5 Å². The molecular weight excluding hydrogens is 226 g/mol. The lowest BCUT2D eigenvalue weighted by Gasteiger charge is -2.04. The van der Waals surface area contributed by atoms with Crippen molar-refractivity contribution in [3.05, 3.63) is 41.3 Å². The second-order valence-corrected chi connectivity index (χ2v) is 3.56. The third-order valence-corrected chi connectivity index (χ3v) is 2.12. The largest absolute Gasteiger partial charge is 0.364 e. The van der Waals surface area contributed by atoms with Gasteiger partial charge in [0.25, 0.3) is 0 Å². The van der Waals surface area contributed by atoms with Crippen LogP contribution in [0.25, 0.3) is 0 Å². The van der Waals surface area contributed by atoms with Gasteiger partial charge in [-0.3, -0.25) is 0 Å². The highest BCUT2D eigenvalue weighted by Gasteiger charge is 1.98. The smallest absolute Gasteiger partial charge is 0.134 e. The average Bonchev–Trinajstić information content (AvgIpc) is 2.27. The fraction of sp³-hybridized carbons (Fsp3) is 0.200. The quantitative estimate of drug-likeness (QED) is 0.823. The maximum Gasteiger partial charge on any atom is 0.134 e. The Labute approximate surface area is 98.0 Å². The minimum atomic E-state index is 0.413. The molecule has 82 valence electrons. The highest BCUT2D eigenvalue weighted by Crippen LogP contribution is 2.09. The van der Waals surface area contributed by atoms with Gasteiger partial charge in [0.15, 0.2) is 0 Å². The Hall–Kier alpha value is -1.75. The van der Waals surface area contributed by atoms with Crippen LogP contribution in [0.3, 0.4) is 0 Å². The molecule has 0 saturated carbocycles. The summed E-state index contributed by atoms with van der Waals surface area (Å²) in [7, 11) is 0. The maximum atomic E-state index is 5.74. The number of aromatic nitrogens is 4. The molecule has 0 unspecified atom stereocenters. The molecule has 16 heavy (non-hydrogen) atoms. The van der Waals surface area contributed by atoms with Crippen LogP contribution in [0.4, 0.5) is 5.82 Å². The lowest BCUT2D eigenvalue weighted by atomic mass is 10.4. The second-order valence-electron chi connectivity index (χ2n) is 3.17. The molecule has 1 N–H and O–H groups in total. The molecule has 0 saturated heterocycles. The van der Waals surface area contributed by atoms with Gasteiger partial charge in [-0.2, -0.15) is 0 Å². The third kappa shape index (κ3) is 2.87. The SMILES string of the molecule is Cc1nccc(CNc2cc(Cl)ncn2)n1. The molecule has 0 aliphatic carbocycles. The van der Waals surface area contributed by atoms with Crippen LogP contribution in [-0.2, 0) is 6.54 Å². The van der Waals surface area contributed by atoms with E-state index in [-0.39, 0.29) is 0 Å². The van der Waals surface area contributed by atoms with Crippen molar-refractivity contribution in [1.29, 1.82) is 0 Å². The van der Waals surface area contributed by atoms with E-state index >= 15 is 0 Å². The van der Waals surface area contributed by atoms with Crippen molar-refractivity contribution in [3.63, 3.8) is 0 Å². The van der Waals surface area contributed by atoms with Crippen LogP contribution in [-0.4, -0.2) is 19.9 Å². The monoisotopic (exact) mass is 235 g/mol. The van der Waals surface area contributed by atoms with Gasteiger partial charge in [0.1, 0.15) is 23.1 Å². The normalized spacial score (nSPS) is 10.1. The Morgan fingerprint density at radius 2 is 2.19 bits per heavy atom. The molecule has 0 spiro atoms. The van der Waals surface area contributed by atoms with E-state index in [0.717, 1.165) is 11.5 Å². The van der Waals surface area contributed by atoms with Crippen LogP contribution >= 0.6 is 11.6 Å². The van der Waals surface area contributed by atoms with Crippen LogP contribution in [0.15, 0.2) is 24.7 Å². The first-order valence-corrected chi connectivity index (χ1v) is 5.12. The lowest BCUT2D eigenvalue weighted by molar-refractivity contribution is 0.948. The van der Waals surface area contributed by atoms with Gasteiger partial charge in [0, 0.05) is 12.3 Å². The van der Waals surface area contributed by atoms with E-state index in [4.69, 9.17) is 11.6 Å². The van der Waals surface area contributed by atoms with E-state index in [0.29, 0.717) is 17.5 Å². The van der Waals surface area contributed by atoms with E-state index in [9.17, 15) is 0 Å². The zero-order chi connectivity index (χ0) is 11.4. The van der Waals surface area contributed by atoms with Crippen molar-refractivity contribution in [2.24, 2.45) is 0 Å². The van der Waals surface area contributed by atoms with Gasteiger partial charge in [0.2, 0.25) is 0 Å². The molecule has 0 bridgehead atoms. The number of rotatable bonds is 3. The molecule has 2 aromatic rings. The van der Waals surface area contributed by atoms with Gasteiger partial charge < -0.3 is 5.32 Å². The fourth-order valence-corrected chi connectivity index (χ4v) is 1.36. The van der Waals surface area contributed by atoms with Crippen molar-refractivity contribution in [1.82, 2.24) is 19.9 Å². The number of aryl methyl sites for hydroxylation is 1. The summed E-state index contributed by atoms with van der Waals surface area (Å²) in [6.45, 7) is 2.43. The number of nitrogens with zero attached hydrogens (tertiary/aromatic N) is 4. The molecule has 0 aliphatic heterocycles.